The van der Waals surface area contributed by atoms with Gasteiger partial charge in [-0.3, -0.25) is 4.79 Å². The normalized spacial score (nSPS) is 13.5. The number of methoxy groups -OCH3 is 1. The average molecular weight is 363 g/mol. The maximum absolute atomic E-state index is 12.9. The Labute approximate surface area is 140 Å². The fraction of sp³-hybridized carbons (Fsp3) is 0.400. The molecule has 0 bridgehead atoms. The fourth-order valence-corrected chi connectivity index (χ4v) is 1.80. The second-order valence-corrected chi connectivity index (χ2v) is 4.87. The molecule has 1 aromatic carbocycles. The minimum absolute atomic E-state index is 0.0624. The highest BCUT2D eigenvalue weighted by Crippen LogP contribution is 2.34. The van der Waals surface area contributed by atoms with Crippen LogP contribution in [0.1, 0.15) is 23.7 Å². The number of hydrogen-bond acceptors (Lipinski definition) is 6. The van der Waals surface area contributed by atoms with Crippen LogP contribution in [-0.2, 0) is 19.1 Å². The van der Waals surface area contributed by atoms with E-state index in [4.69, 9.17) is 4.74 Å². The van der Waals surface area contributed by atoms with Crippen LogP contribution in [0.4, 0.5) is 18.9 Å². The molecule has 1 aromatic rings. The number of anilines is 1. The Kier molecular flexibility index (Phi) is 6.51. The van der Waals surface area contributed by atoms with Crippen molar-refractivity contribution in [1.29, 1.82) is 0 Å². The summed E-state index contributed by atoms with van der Waals surface area (Å²) in [4.78, 5) is 34.4. The quantitative estimate of drug-likeness (QED) is 0.746. The molecule has 138 valence electrons. The van der Waals surface area contributed by atoms with Gasteiger partial charge in [-0.1, -0.05) is 0 Å². The Hall–Kier alpha value is -2.62. The molecule has 25 heavy (non-hydrogen) atoms. The maximum Gasteiger partial charge on any atom is 0.428 e. The maximum atomic E-state index is 12.9. The number of hydrogen-bond donors (Lipinski definition) is 2. The summed E-state index contributed by atoms with van der Waals surface area (Å²) >= 11 is 0. The molecule has 0 aliphatic carbocycles. The largest absolute Gasteiger partial charge is 0.467 e. The number of rotatable bonds is 6. The second kappa shape index (κ2) is 7.97. The smallest absolute Gasteiger partial charge is 0.428 e. The number of carbonyl (C=O) groups is 3. The van der Waals surface area contributed by atoms with Crippen molar-refractivity contribution in [1.82, 2.24) is 0 Å². The van der Waals surface area contributed by atoms with Gasteiger partial charge in [0.1, 0.15) is 0 Å². The Morgan fingerprint density at radius 3 is 2.16 bits per heavy atom. The van der Waals surface area contributed by atoms with Crippen molar-refractivity contribution in [3.8, 4) is 0 Å². The van der Waals surface area contributed by atoms with Crippen LogP contribution in [0.25, 0.3) is 0 Å². The van der Waals surface area contributed by atoms with E-state index in [1.165, 1.54) is 24.3 Å². The van der Waals surface area contributed by atoms with Gasteiger partial charge in [0.05, 0.1) is 25.7 Å². The van der Waals surface area contributed by atoms with Crippen molar-refractivity contribution in [2.45, 2.75) is 25.1 Å². The Morgan fingerprint density at radius 1 is 1.16 bits per heavy atom. The van der Waals surface area contributed by atoms with Gasteiger partial charge in [0.25, 0.3) is 5.60 Å². The number of aliphatic hydroxyl groups is 1. The molecule has 0 saturated heterocycles. The third kappa shape index (κ3) is 4.92. The van der Waals surface area contributed by atoms with E-state index in [0.717, 1.165) is 0 Å². The number of ether oxygens (including phenoxy) is 2. The van der Waals surface area contributed by atoms with E-state index in [2.05, 4.69) is 10.1 Å². The SMILES string of the molecule is CCOC(=O)c1ccc(NC(=O)C[C@](O)(C(=O)OC)C(F)(F)F)cc1. The molecule has 0 fully saturated rings. The lowest BCUT2D eigenvalue weighted by molar-refractivity contribution is -0.261. The highest BCUT2D eigenvalue weighted by Gasteiger charge is 2.61. The third-order valence-corrected chi connectivity index (χ3v) is 3.09. The van der Waals surface area contributed by atoms with Crippen molar-refractivity contribution in [2.24, 2.45) is 0 Å². The van der Waals surface area contributed by atoms with Gasteiger partial charge in [-0.2, -0.15) is 13.2 Å². The molecular weight excluding hydrogens is 347 g/mol. The van der Waals surface area contributed by atoms with E-state index in [1.807, 2.05) is 0 Å². The molecule has 0 saturated carbocycles. The van der Waals surface area contributed by atoms with E-state index in [1.54, 1.807) is 6.92 Å². The Bertz CT molecular complexity index is 644. The number of amides is 1. The summed E-state index contributed by atoms with van der Waals surface area (Å²) in [5.74, 6) is -3.86. The highest BCUT2D eigenvalue weighted by molar-refractivity contribution is 5.96. The van der Waals surface area contributed by atoms with Crippen molar-refractivity contribution in [2.75, 3.05) is 19.0 Å². The van der Waals surface area contributed by atoms with E-state index in [0.29, 0.717) is 7.11 Å². The molecule has 0 radical (unpaired) electrons. The standard InChI is InChI=1S/C15H16F3NO6/c1-3-25-12(21)9-4-6-10(7-5-9)19-11(20)8-14(23,13(22)24-2)15(16,17)18/h4-7,23H,3,8H2,1-2H3,(H,19,20)/t14-/m0/s1. The van der Waals surface area contributed by atoms with Crippen LogP contribution < -0.4 is 5.32 Å². The van der Waals surface area contributed by atoms with Crippen LogP contribution in [0.2, 0.25) is 0 Å². The van der Waals surface area contributed by atoms with E-state index < -0.39 is 36.0 Å². The van der Waals surface area contributed by atoms with Crippen LogP contribution in [-0.4, -0.2) is 48.4 Å². The van der Waals surface area contributed by atoms with Crippen molar-refractivity contribution in [3.63, 3.8) is 0 Å². The summed E-state index contributed by atoms with van der Waals surface area (Å²) in [5, 5.41) is 11.6. The molecule has 1 amide bonds. The first-order valence-corrected chi connectivity index (χ1v) is 6.99. The van der Waals surface area contributed by atoms with E-state index >= 15 is 0 Å². The number of benzene rings is 1. The molecule has 0 spiro atoms. The molecule has 2 N–H and O–H groups in total. The molecule has 1 atom stereocenters. The number of carbonyl (C=O) groups excluding carboxylic acids is 3. The van der Waals surface area contributed by atoms with Gasteiger partial charge in [0, 0.05) is 5.69 Å². The predicted octanol–water partition coefficient (Wildman–Crippen LogP) is 1.66. The minimum atomic E-state index is -5.40. The van der Waals surface area contributed by atoms with Crippen LogP contribution in [0.3, 0.4) is 0 Å². The van der Waals surface area contributed by atoms with Gasteiger partial charge in [-0.15, -0.1) is 0 Å². The number of nitrogens with one attached hydrogen (secondary N) is 1. The third-order valence-electron chi connectivity index (χ3n) is 3.09. The molecule has 0 unspecified atom stereocenters. The summed E-state index contributed by atoms with van der Waals surface area (Å²) in [6.45, 7) is 1.79. The van der Waals surface area contributed by atoms with Crippen LogP contribution in [0.5, 0.6) is 0 Å². The molecule has 0 heterocycles. The summed E-state index contributed by atoms with van der Waals surface area (Å²) < 4.78 is 47.3. The topological polar surface area (TPSA) is 102 Å². The predicted molar refractivity (Wildman–Crippen MR) is 78.7 cm³/mol. The summed E-state index contributed by atoms with van der Waals surface area (Å²) in [6.07, 6.45) is -6.98. The van der Waals surface area contributed by atoms with Crippen molar-refractivity contribution >= 4 is 23.5 Å². The first-order valence-electron chi connectivity index (χ1n) is 6.99. The molecule has 0 aliphatic heterocycles. The first-order chi connectivity index (χ1) is 11.5. The van der Waals surface area contributed by atoms with Crippen molar-refractivity contribution in [3.05, 3.63) is 29.8 Å². The highest BCUT2D eigenvalue weighted by atomic mass is 19.4. The lowest BCUT2D eigenvalue weighted by Crippen LogP contribution is -2.54. The zero-order chi connectivity index (χ0) is 19.3. The van der Waals surface area contributed by atoms with Crippen LogP contribution >= 0.6 is 0 Å². The van der Waals surface area contributed by atoms with Crippen LogP contribution in [0, 0.1) is 0 Å². The van der Waals surface area contributed by atoms with Gasteiger partial charge >= 0.3 is 18.1 Å². The Morgan fingerprint density at radius 2 is 1.72 bits per heavy atom. The molecule has 0 aliphatic rings. The number of alkyl halides is 3. The number of halogens is 3. The van der Waals surface area contributed by atoms with Gasteiger partial charge in [-0.05, 0) is 31.2 Å². The van der Waals surface area contributed by atoms with Gasteiger partial charge in [0.2, 0.25) is 5.91 Å². The first kappa shape index (κ1) is 20.4. The van der Waals surface area contributed by atoms with Crippen molar-refractivity contribution < 1.29 is 42.1 Å². The molecule has 10 heteroatoms. The average Bonchev–Trinajstić information content (AvgIpc) is 2.53. The van der Waals surface area contributed by atoms with E-state index in [-0.39, 0.29) is 17.9 Å². The van der Waals surface area contributed by atoms with Gasteiger partial charge in [0.15, 0.2) is 0 Å². The summed E-state index contributed by atoms with van der Waals surface area (Å²) in [6, 6.07) is 5.11. The molecule has 0 aromatic heterocycles. The second-order valence-electron chi connectivity index (χ2n) is 4.87. The summed E-state index contributed by atoms with van der Waals surface area (Å²) in [5.41, 5.74) is -3.72. The fourth-order valence-electron chi connectivity index (χ4n) is 1.80. The molecule has 1 rings (SSSR count). The summed E-state index contributed by atoms with van der Waals surface area (Å²) in [7, 11) is 0.658. The lowest BCUT2D eigenvalue weighted by Gasteiger charge is -2.26. The minimum Gasteiger partial charge on any atom is -0.467 e. The zero-order valence-corrected chi connectivity index (χ0v) is 13.3. The Balaban J connectivity index is 2.84. The van der Waals surface area contributed by atoms with Crippen LogP contribution in [0.15, 0.2) is 24.3 Å². The lowest BCUT2D eigenvalue weighted by atomic mass is 9.98. The zero-order valence-electron chi connectivity index (χ0n) is 13.3. The molecular formula is C15H16F3NO6. The van der Waals surface area contributed by atoms with Gasteiger partial charge < -0.3 is 19.9 Å². The molecule has 7 nitrogen and oxygen atoms in total. The van der Waals surface area contributed by atoms with Gasteiger partial charge in [-0.25, -0.2) is 9.59 Å². The number of esters is 2. The monoisotopic (exact) mass is 363 g/mol. The van der Waals surface area contributed by atoms with E-state index in [9.17, 15) is 32.7 Å².